The van der Waals surface area contributed by atoms with Crippen LogP contribution in [0.15, 0.2) is 47.1 Å². The first-order valence-electron chi connectivity index (χ1n) is 10.9. The van der Waals surface area contributed by atoms with Crippen LogP contribution < -0.4 is 0 Å². The molecule has 1 aliphatic heterocycles. The van der Waals surface area contributed by atoms with E-state index < -0.39 is 68.5 Å². The highest BCUT2D eigenvalue weighted by Crippen LogP contribution is 3.02. The van der Waals surface area contributed by atoms with Gasteiger partial charge in [-0.05, 0) is 37.0 Å². The van der Waals surface area contributed by atoms with Gasteiger partial charge in [-0.25, -0.2) is 17.6 Å². The zero-order valence-electron chi connectivity index (χ0n) is 19.0. The Labute approximate surface area is 204 Å². The molecule has 0 aliphatic carbocycles. The van der Waals surface area contributed by atoms with Crippen LogP contribution in [0.5, 0.6) is 0 Å². The van der Waals surface area contributed by atoms with Gasteiger partial charge in [-0.15, -0.1) is 0 Å². The molecule has 2 aromatic carbocycles. The number of halogens is 11. The molecule has 1 aliphatic rings. The first kappa shape index (κ1) is 29.2. The van der Waals surface area contributed by atoms with Gasteiger partial charge < -0.3 is 4.74 Å². The highest BCUT2D eigenvalue weighted by atomic mass is 32.5. The van der Waals surface area contributed by atoms with Crippen molar-refractivity contribution in [2.75, 3.05) is 6.61 Å². The predicted molar refractivity (Wildman–Crippen MR) is 115 cm³/mol. The van der Waals surface area contributed by atoms with Crippen molar-refractivity contribution in [2.45, 2.75) is 55.8 Å². The Morgan fingerprint density at radius 2 is 1.54 bits per heavy atom. The molecule has 0 N–H and O–H groups in total. The fourth-order valence-electron chi connectivity index (χ4n) is 3.80. The van der Waals surface area contributed by atoms with Gasteiger partial charge in [0, 0.05) is 17.9 Å². The molecular weight excluding hydrogens is 549 g/mol. The lowest BCUT2D eigenvalue weighted by atomic mass is 9.92. The van der Waals surface area contributed by atoms with E-state index in [1.807, 2.05) is 0 Å². The van der Waals surface area contributed by atoms with Crippen LogP contribution in [0.2, 0.25) is 0 Å². The standard InChI is InChI=1S/C23H21F11O2S/c1-2-3-17(24)21(27)14-6-4-13(5-7-14)15-8-9-20(35-12-15)36-23(28,29)16-10-18(25)22(19(26)11-16)37(30,31,32,33)34/h4-7,10-11,15,20H,2-3,8-9,12H2,1H3. The Bertz CT molecular complexity index is 1150. The maximum absolute atomic E-state index is 14.4. The van der Waals surface area contributed by atoms with Crippen LogP contribution in [0.1, 0.15) is 55.2 Å². The lowest BCUT2D eigenvalue weighted by molar-refractivity contribution is -0.332. The van der Waals surface area contributed by atoms with Gasteiger partial charge in [-0.2, -0.15) is 8.78 Å². The van der Waals surface area contributed by atoms with E-state index in [0.29, 0.717) is 12.0 Å². The van der Waals surface area contributed by atoms with E-state index >= 15 is 0 Å². The van der Waals surface area contributed by atoms with E-state index in [-0.39, 0.29) is 37.4 Å². The summed E-state index contributed by atoms with van der Waals surface area (Å²) < 4.78 is 158. The van der Waals surface area contributed by atoms with Crippen molar-refractivity contribution < 1.29 is 55.2 Å². The molecule has 0 amide bonds. The molecule has 3 rings (SSSR count). The molecule has 0 bridgehead atoms. The van der Waals surface area contributed by atoms with E-state index in [1.165, 1.54) is 24.3 Å². The highest BCUT2D eigenvalue weighted by molar-refractivity contribution is 8.45. The Kier molecular flexibility index (Phi) is 7.47. The summed E-state index contributed by atoms with van der Waals surface area (Å²) in [6.45, 7) is 1.50. The average molecular weight is 570 g/mol. The van der Waals surface area contributed by atoms with Crippen LogP contribution in [0.3, 0.4) is 0 Å². The molecule has 37 heavy (non-hydrogen) atoms. The van der Waals surface area contributed by atoms with Crippen molar-refractivity contribution >= 4 is 16.1 Å². The summed E-state index contributed by atoms with van der Waals surface area (Å²) >= 11 is 0. The second-order valence-electron chi connectivity index (χ2n) is 8.50. The number of allylic oxidation sites excluding steroid dienone is 1. The molecule has 2 unspecified atom stereocenters. The quantitative estimate of drug-likeness (QED) is 0.294. The predicted octanol–water partition coefficient (Wildman–Crippen LogP) is 10.0. The number of ether oxygens (including phenoxy) is 2. The van der Waals surface area contributed by atoms with Gasteiger partial charge in [-0.1, -0.05) is 50.6 Å². The molecule has 208 valence electrons. The van der Waals surface area contributed by atoms with E-state index in [0.717, 1.165) is 0 Å². The summed E-state index contributed by atoms with van der Waals surface area (Å²) in [5, 5.41) is 0. The third-order valence-electron chi connectivity index (χ3n) is 5.58. The number of alkyl halides is 2. The summed E-state index contributed by atoms with van der Waals surface area (Å²) in [5.41, 5.74) is -1.11. The monoisotopic (exact) mass is 570 g/mol. The largest absolute Gasteiger partial charge is 0.385 e. The van der Waals surface area contributed by atoms with Crippen molar-refractivity contribution in [1.82, 2.24) is 0 Å². The van der Waals surface area contributed by atoms with Crippen molar-refractivity contribution in [3.8, 4) is 0 Å². The molecule has 2 nitrogen and oxygen atoms in total. The fourth-order valence-corrected chi connectivity index (χ4v) is 4.66. The molecule has 1 fully saturated rings. The van der Waals surface area contributed by atoms with Gasteiger partial charge in [0.2, 0.25) is 0 Å². The average Bonchev–Trinajstić information content (AvgIpc) is 2.76. The second kappa shape index (κ2) is 9.45. The van der Waals surface area contributed by atoms with E-state index in [9.17, 15) is 45.8 Å². The van der Waals surface area contributed by atoms with Crippen molar-refractivity contribution in [1.29, 1.82) is 0 Å². The Morgan fingerprint density at radius 3 is 2.00 bits per heavy atom. The highest BCUT2D eigenvalue weighted by Gasteiger charge is 2.69. The normalized spacial score (nSPS) is 21.7. The molecule has 14 heteroatoms. The molecule has 0 radical (unpaired) electrons. The molecule has 0 spiro atoms. The van der Waals surface area contributed by atoms with Gasteiger partial charge in [0.25, 0.3) is 0 Å². The number of hydrogen-bond acceptors (Lipinski definition) is 2. The number of benzene rings is 2. The summed E-state index contributed by atoms with van der Waals surface area (Å²) in [6.07, 6.45) is -5.86. The van der Waals surface area contributed by atoms with E-state index in [1.54, 1.807) is 6.92 Å². The summed E-state index contributed by atoms with van der Waals surface area (Å²) in [7, 11) is -10.8. The molecule has 2 aromatic rings. The van der Waals surface area contributed by atoms with Crippen molar-refractivity contribution in [3.05, 3.63) is 70.5 Å². The second-order valence-corrected chi connectivity index (χ2v) is 10.8. The third-order valence-corrected chi connectivity index (χ3v) is 6.74. The van der Waals surface area contributed by atoms with Crippen LogP contribution in [0.25, 0.3) is 5.83 Å². The third kappa shape index (κ3) is 6.96. The van der Waals surface area contributed by atoms with Crippen LogP contribution >= 0.6 is 10.2 Å². The number of hydrogen-bond donors (Lipinski definition) is 0. The Balaban J connectivity index is 1.68. The first-order chi connectivity index (χ1) is 16.8. The van der Waals surface area contributed by atoms with Gasteiger partial charge in [0.15, 0.2) is 17.0 Å². The topological polar surface area (TPSA) is 18.5 Å². The summed E-state index contributed by atoms with van der Waals surface area (Å²) in [5.74, 6) is -8.06. The molecule has 1 saturated heterocycles. The van der Waals surface area contributed by atoms with Gasteiger partial charge in [0.05, 0.1) is 12.2 Å². The van der Waals surface area contributed by atoms with Crippen LogP contribution in [0.4, 0.5) is 45.8 Å². The smallest absolute Gasteiger partial charge is 0.352 e. The zero-order chi connectivity index (χ0) is 27.9. The first-order valence-corrected chi connectivity index (χ1v) is 12.8. The maximum Gasteiger partial charge on any atom is 0.385 e. The summed E-state index contributed by atoms with van der Waals surface area (Å²) in [4.78, 5) is -3.52. The van der Waals surface area contributed by atoms with Crippen molar-refractivity contribution in [3.63, 3.8) is 0 Å². The van der Waals surface area contributed by atoms with Crippen LogP contribution in [-0.2, 0) is 15.6 Å². The maximum atomic E-state index is 14.4. The minimum Gasteiger partial charge on any atom is -0.352 e. The molecule has 2 atom stereocenters. The minimum atomic E-state index is -10.8. The molecular formula is C23H21F11O2S. The molecule has 0 saturated carbocycles. The van der Waals surface area contributed by atoms with Crippen LogP contribution in [-0.4, -0.2) is 12.9 Å². The molecule has 1 heterocycles. The Hall–Kier alpha value is -2.32. The lowest BCUT2D eigenvalue weighted by Gasteiger charge is -2.40. The van der Waals surface area contributed by atoms with Gasteiger partial charge in [0.1, 0.15) is 17.5 Å². The van der Waals surface area contributed by atoms with Crippen molar-refractivity contribution in [2.24, 2.45) is 0 Å². The number of rotatable bonds is 8. The van der Waals surface area contributed by atoms with E-state index in [2.05, 4.69) is 4.74 Å². The minimum absolute atomic E-state index is 0.0166. The van der Waals surface area contributed by atoms with Crippen LogP contribution in [0, 0.1) is 11.6 Å². The van der Waals surface area contributed by atoms with Gasteiger partial charge in [-0.3, -0.25) is 4.74 Å². The summed E-state index contributed by atoms with van der Waals surface area (Å²) in [6, 6.07) is 4.56. The molecule has 0 aromatic heterocycles. The van der Waals surface area contributed by atoms with Gasteiger partial charge >= 0.3 is 16.3 Å². The van der Waals surface area contributed by atoms with E-state index in [4.69, 9.17) is 4.74 Å². The fraction of sp³-hybridized carbons (Fsp3) is 0.391. The Morgan fingerprint density at radius 1 is 0.973 bits per heavy atom. The lowest BCUT2D eigenvalue weighted by Crippen LogP contribution is -2.33. The SMILES string of the molecule is CCCC(F)=C(F)c1ccc(C2CCC(OC(F)(F)c3cc(F)c(S(F)(F)(F)(F)F)c(F)c3)OC2)cc1. The zero-order valence-corrected chi connectivity index (χ0v) is 19.9.